The fourth-order valence-corrected chi connectivity index (χ4v) is 4.32. The molecule has 3 heterocycles. The van der Waals surface area contributed by atoms with Gasteiger partial charge in [-0.15, -0.1) is 11.3 Å². The van der Waals surface area contributed by atoms with E-state index in [1.54, 1.807) is 6.26 Å². The Balaban J connectivity index is 2.05. The molecule has 0 aromatic carbocycles. The molecule has 118 valence electrons. The van der Waals surface area contributed by atoms with Crippen LogP contribution in [0.2, 0.25) is 0 Å². The molecular formula is C17H16N2O3S. The Morgan fingerprint density at radius 1 is 1.35 bits per heavy atom. The van der Waals surface area contributed by atoms with Gasteiger partial charge in [-0.2, -0.15) is 0 Å². The monoisotopic (exact) mass is 328 g/mol. The summed E-state index contributed by atoms with van der Waals surface area (Å²) < 4.78 is 10.4. The summed E-state index contributed by atoms with van der Waals surface area (Å²) in [5.41, 5.74) is 10.0. The lowest BCUT2D eigenvalue weighted by Gasteiger charge is -2.19. The molecule has 1 aliphatic carbocycles. The Labute approximate surface area is 137 Å². The molecule has 0 unspecified atom stereocenters. The number of nitrogen functional groups attached to an aromatic ring is 1. The number of hydrogen-bond acceptors (Lipinski definition) is 6. The van der Waals surface area contributed by atoms with E-state index in [0.29, 0.717) is 10.6 Å². The van der Waals surface area contributed by atoms with Crippen LogP contribution in [0.25, 0.3) is 21.7 Å². The van der Waals surface area contributed by atoms with Gasteiger partial charge in [0, 0.05) is 5.39 Å². The Morgan fingerprint density at radius 3 is 2.83 bits per heavy atom. The molecule has 1 aliphatic rings. The number of hydrogen-bond donors (Lipinski definition) is 1. The lowest BCUT2D eigenvalue weighted by Crippen LogP contribution is -2.08. The number of nitrogens with two attached hydrogens (primary N) is 1. The van der Waals surface area contributed by atoms with Crippen molar-refractivity contribution in [3.05, 3.63) is 34.4 Å². The van der Waals surface area contributed by atoms with Gasteiger partial charge in [0.1, 0.15) is 15.4 Å². The number of carbonyl (C=O) groups is 1. The van der Waals surface area contributed by atoms with Crippen LogP contribution in [-0.2, 0) is 17.6 Å². The molecule has 6 heteroatoms. The molecule has 5 nitrogen and oxygen atoms in total. The van der Waals surface area contributed by atoms with Gasteiger partial charge in [0.05, 0.1) is 19.1 Å². The summed E-state index contributed by atoms with van der Waals surface area (Å²) >= 11 is 1.29. The summed E-state index contributed by atoms with van der Waals surface area (Å²) in [7, 11) is 1.36. The van der Waals surface area contributed by atoms with Gasteiger partial charge in [0.2, 0.25) is 0 Å². The normalized spacial score (nSPS) is 14.0. The maximum Gasteiger partial charge on any atom is 0.350 e. The van der Waals surface area contributed by atoms with E-state index in [0.717, 1.165) is 47.4 Å². The van der Waals surface area contributed by atoms with Crippen molar-refractivity contribution in [1.29, 1.82) is 0 Å². The maximum atomic E-state index is 11.9. The Bertz CT molecular complexity index is 897. The molecule has 2 N–H and O–H groups in total. The highest BCUT2D eigenvalue weighted by Crippen LogP contribution is 2.42. The standard InChI is InChI=1S/C17H16N2O3S/c1-21-17(20)15-13(18)12-9-5-2-3-6-10(9)14(19-16(12)23-15)11-7-4-8-22-11/h4,7-8H,2-3,5-6,18H2,1H3. The molecule has 0 fully saturated rings. The van der Waals surface area contributed by atoms with E-state index in [9.17, 15) is 4.79 Å². The van der Waals surface area contributed by atoms with E-state index >= 15 is 0 Å². The molecule has 0 atom stereocenters. The SMILES string of the molecule is COC(=O)c1sc2nc(-c3ccco3)c3c(c2c1N)CCCC3. The molecule has 0 aliphatic heterocycles. The average molecular weight is 328 g/mol. The van der Waals surface area contributed by atoms with Crippen molar-refractivity contribution in [2.24, 2.45) is 0 Å². The second kappa shape index (κ2) is 5.38. The van der Waals surface area contributed by atoms with Crippen molar-refractivity contribution in [2.45, 2.75) is 25.7 Å². The topological polar surface area (TPSA) is 78.3 Å². The van der Waals surface area contributed by atoms with Crippen LogP contribution in [0.1, 0.15) is 33.6 Å². The van der Waals surface area contributed by atoms with E-state index in [1.807, 2.05) is 12.1 Å². The molecule has 3 aromatic heterocycles. The fraction of sp³-hybridized carbons (Fsp3) is 0.294. The molecule has 4 rings (SSSR count). The number of nitrogens with zero attached hydrogens (tertiary/aromatic N) is 1. The van der Waals surface area contributed by atoms with Crippen LogP contribution < -0.4 is 5.73 Å². The number of rotatable bonds is 2. The molecule has 0 bridgehead atoms. The number of ether oxygens (including phenoxy) is 1. The molecule has 0 saturated heterocycles. The molecule has 3 aromatic rings. The highest BCUT2D eigenvalue weighted by molar-refractivity contribution is 7.21. The predicted octanol–water partition coefficient (Wildman–Crippen LogP) is 3.80. The number of furan rings is 1. The minimum Gasteiger partial charge on any atom is -0.465 e. The Hall–Kier alpha value is -2.34. The third kappa shape index (κ3) is 2.13. The van der Waals surface area contributed by atoms with Gasteiger partial charge in [-0.3, -0.25) is 0 Å². The number of pyridine rings is 1. The number of methoxy groups -OCH3 is 1. The third-order valence-electron chi connectivity index (χ3n) is 4.32. The second-order valence-corrected chi connectivity index (χ2v) is 6.62. The summed E-state index contributed by atoms with van der Waals surface area (Å²) in [5, 5.41) is 0.917. The van der Waals surface area contributed by atoms with Crippen molar-refractivity contribution < 1.29 is 13.9 Å². The van der Waals surface area contributed by atoms with Crippen molar-refractivity contribution in [1.82, 2.24) is 4.98 Å². The molecule has 0 spiro atoms. The van der Waals surface area contributed by atoms with Crippen LogP contribution in [0, 0.1) is 0 Å². The van der Waals surface area contributed by atoms with Gasteiger partial charge in [-0.05, 0) is 48.9 Å². The zero-order valence-corrected chi connectivity index (χ0v) is 13.5. The molecular weight excluding hydrogens is 312 g/mol. The predicted molar refractivity (Wildman–Crippen MR) is 89.7 cm³/mol. The van der Waals surface area contributed by atoms with Gasteiger partial charge >= 0.3 is 5.97 Å². The second-order valence-electron chi connectivity index (χ2n) is 5.62. The van der Waals surface area contributed by atoms with Crippen LogP contribution >= 0.6 is 11.3 Å². The summed E-state index contributed by atoms with van der Waals surface area (Å²) in [6, 6.07) is 3.78. The number of aryl methyl sites for hydroxylation is 1. The number of anilines is 1. The van der Waals surface area contributed by atoms with Crippen molar-refractivity contribution in [3.63, 3.8) is 0 Å². The number of thiophene rings is 1. The minimum absolute atomic E-state index is 0.408. The smallest absolute Gasteiger partial charge is 0.350 e. The lowest BCUT2D eigenvalue weighted by atomic mass is 9.88. The molecule has 0 radical (unpaired) electrons. The van der Waals surface area contributed by atoms with Crippen molar-refractivity contribution >= 4 is 33.2 Å². The highest BCUT2D eigenvalue weighted by atomic mass is 32.1. The van der Waals surface area contributed by atoms with E-state index in [4.69, 9.17) is 19.9 Å². The van der Waals surface area contributed by atoms with Gasteiger partial charge in [-0.25, -0.2) is 9.78 Å². The summed E-state index contributed by atoms with van der Waals surface area (Å²) in [6.07, 6.45) is 5.80. The summed E-state index contributed by atoms with van der Waals surface area (Å²) in [5.74, 6) is 0.353. The van der Waals surface area contributed by atoms with E-state index in [2.05, 4.69) is 0 Å². The fourth-order valence-electron chi connectivity index (χ4n) is 3.27. The van der Waals surface area contributed by atoms with Crippen molar-refractivity contribution in [2.75, 3.05) is 12.8 Å². The lowest BCUT2D eigenvalue weighted by molar-refractivity contribution is 0.0607. The minimum atomic E-state index is -0.408. The Kier molecular flexibility index (Phi) is 3.34. The number of carbonyl (C=O) groups excluding carboxylic acids is 1. The maximum absolute atomic E-state index is 11.9. The molecule has 23 heavy (non-hydrogen) atoms. The van der Waals surface area contributed by atoms with Crippen LogP contribution in [-0.4, -0.2) is 18.1 Å². The Morgan fingerprint density at radius 2 is 2.13 bits per heavy atom. The van der Waals surface area contributed by atoms with Crippen LogP contribution in [0.4, 0.5) is 5.69 Å². The van der Waals surface area contributed by atoms with Gasteiger partial charge in [-0.1, -0.05) is 0 Å². The quantitative estimate of drug-likeness (QED) is 0.724. The first-order valence-corrected chi connectivity index (χ1v) is 8.38. The van der Waals surface area contributed by atoms with Gasteiger partial charge < -0.3 is 14.9 Å². The third-order valence-corrected chi connectivity index (χ3v) is 5.40. The van der Waals surface area contributed by atoms with E-state index in [1.165, 1.54) is 29.6 Å². The summed E-state index contributed by atoms with van der Waals surface area (Å²) in [6.45, 7) is 0. The van der Waals surface area contributed by atoms with Crippen molar-refractivity contribution in [3.8, 4) is 11.5 Å². The number of aromatic nitrogens is 1. The zero-order chi connectivity index (χ0) is 16.0. The molecule has 0 amide bonds. The largest absolute Gasteiger partial charge is 0.465 e. The highest BCUT2D eigenvalue weighted by Gasteiger charge is 2.26. The zero-order valence-electron chi connectivity index (χ0n) is 12.7. The first-order valence-electron chi connectivity index (χ1n) is 7.56. The van der Waals surface area contributed by atoms with E-state index in [-0.39, 0.29) is 0 Å². The first-order chi connectivity index (χ1) is 11.2. The van der Waals surface area contributed by atoms with Crippen LogP contribution in [0.3, 0.4) is 0 Å². The summed E-state index contributed by atoms with van der Waals surface area (Å²) in [4.78, 5) is 17.9. The van der Waals surface area contributed by atoms with Gasteiger partial charge in [0.15, 0.2) is 5.76 Å². The van der Waals surface area contributed by atoms with Gasteiger partial charge in [0.25, 0.3) is 0 Å². The molecule has 0 saturated carbocycles. The first kappa shape index (κ1) is 14.3. The van der Waals surface area contributed by atoms with Crippen LogP contribution in [0.15, 0.2) is 22.8 Å². The number of fused-ring (bicyclic) bond motifs is 3. The van der Waals surface area contributed by atoms with Crippen LogP contribution in [0.5, 0.6) is 0 Å². The average Bonchev–Trinajstić information content (AvgIpc) is 3.21. The van der Waals surface area contributed by atoms with E-state index < -0.39 is 5.97 Å². The number of esters is 1.